The van der Waals surface area contributed by atoms with Gasteiger partial charge in [0.2, 0.25) is 5.71 Å². The fourth-order valence-electron chi connectivity index (χ4n) is 1.06. The second-order valence-electron chi connectivity index (χ2n) is 3.19. The number of barbiturate groups is 1. The molecule has 10 nitrogen and oxygen atoms in total. The highest BCUT2D eigenvalue weighted by molar-refractivity contribution is 6.68. The number of amides is 4. The van der Waals surface area contributed by atoms with Gasteiger partial charge in [-0.2, -0.15) is 0 Å². The Morgan fingerprint density at radius 3 is 2.20 bits per heavy atom. The average Bonchev–Trinajstić information content (AvgIpc) is 2.40. The number of rotatable bonds is 1. The summed E-state index contributed by atoms with van der Waals surface area (Å²) in [4.78, 5) is 35.3. The molecule has 0 spiro atoms. The molecule has 0 atom stereocenters. The van der Waals surface area contributed by atoms with Crippen LogP contribution in [-0.2, 0) is 9.59 Å². The van der Waals surface area contributed by atoms with Crippen LogP contribution in [0.4, 0.5) is 4.79 Å². The van der Waals surface area contributed by atoms with Crippen molar-refractivity contribution in [2.75, 3.05) is 0 Å². The minimum atomic E-state index is -1.01. The molecule has 1 saturated heterocycles. The molecule has 10 heteroatoms. The third-order valence-electron chi connectivity index (χ3n) is 1.86. The van der Waals surface area contributed by atoms with E-state index < -0.39 is 23.6 Å². The summed E-state index contributed by atoms with van der Waals surface area (Å²) in [7, 11) is 0. The summed E-state index contributed by atoms with van der Waals surface area (Å²) >= 11 is 0. The zero-order chi connectivity index (χ0) is 15.0. The maximum absolute atomic E-state index is 10.6. The van der Waals surface area contributed by atoms with E-state index in [1.54, 1.807) is 29.0 Å². The van der Waals surface area contributed by atoms with Gasteiger partial charge in [-0.05, 0) is 12.1 Å². The SMILES string of the molecule is O=C1NC(=O)C(=NO)C(=O)N1.ON=Cc1ccccn1. The Morgan fingerprint density at radius 2 is 1.75 bits per heavy atom. The van der Waals surface area contributed by atoms with E-state index in [9.17, 15) is 14.4 Å². The highest BCUT2D eigenvalue weighted by atomic mass is 16.4. The average molecular weight is 279 g/mol. The van der Waals surface area contributed by atoms with Crippen LogP contribution in [0.3, 0.4) is 0 Å². The highest BCUT2D eigenvalue weighted by Gasteiger charge is 2.29. The van der Waals surface area contributed by atoms with Gasteiger partial charge in [0.05, 0.1) is 11.9 Å². The number of oxime groups is 2. The number of aromatic nitrogens is 1. The van der Waals surface area contributed by atoms with E-state index in [-0.39, 0.29) is 0 Å². The number of hydrogen-bond acceptors (Lipinski definition) is 8. The predicted molar refractivity (Wildman–Crippen MR) is 64.5 cm³/mol. The monoisotopic (exact) mass is 279 g/mol. The minimum absolute atomic E-state index is 0.653. The Morgan fingerprint density at radius 1 is 1.10 bits per heavy atom. The third kappa shape index (κ3) is 4.18. The summed E-state index contributed by atoms with van der Waals surface area (Å²) in [6.07, 6.45) is 2.91. The van der Waals surface area contributed by atoms with Crippen LogP contribution in [0.2, 0.25) is 0 Å². The van der Waals surface area contributed by atoms with Gasteiger partial charge in [0.25, 0.3) is 11.8 Å². The van der Waals surface area contributed by atoms with Crippen LogP contribution in [0.5, 0.6) is 0 Å². The quantitative estimate of drug-likeness (QED) is 0.296. The lowest BCUT2D eigenvalue weighted by molar-refractivity contribution is -0.119. The Bertz CT molecular complexity index is 547. The van der Waals surface area contributed by atoms with Crippen LogP contribution in [0.1, 0.15) is 5.69 Å². The molecule has 0 aromatic carbocycles. The van der Waals surface area contributed by atoms with E-state index in [2.05, 4.69) is 15.3 Å². The summed E-state index contributed by atoms with van der Waals surface area (Å²) in [6, 6.07) is 4.45. The number of carbonyl (C=O) groups is 3. The van der Waals surface area contributed by atoms with Gasteiger partial charge in [0.1, 0.15) is 0 Å². The Hall–Kier alpha value is -3.30. The second kappa shape index (κ2) is 7.20. The van der Waals surface area contributed by atoms with E-state index in [1.165, 1.54) is 6.21 Å². The molecule has 1 aliphatic heterocycles. The van der Waals surface area contributed by atoms with Crippen molar-refractivity contribution in [3.8, 4) is 0 Å². The summed E-state index contributed by atoms with van der Waals surface area (Å²) in [5, 5.41) is 24.7. The Labute approximate surface area is 111 Å². The van der Waals surface area contributed by atoms with Crippen molar-refractivity contribution in [1.82, 2.24) is 15.6 Å². The molecule has 4 amide bonds. The lowest BCUT2D eigenvalue weighted by Crippen LogP contribution is -2.56. The minimum Gasteiger partial charge on any atom is -0.411 e. The van der Waals surface area contributed by atoms with Gasteiger partial charge in [-0.1, -0.05) is 16.4 Å². The van der Waals surface area contributed by atoms with Gasteiger partial charge < -0.3 is 10.4 Å². The van der Waals surface area contributed by atoms with Crippen LogP contribution in [0.15, 0.2) is 34.7 Å². The summed E-state index contributed by atoms with van der Waals surface area (Å²) in [6.45, 7) is 0. The normalized spacial score (nSPS) is 14.2. The van der Waals surface area contributed by atoms with Gasteiger partial charge in [-0.25, -0.2) is 4.79 Å². The molecule has 0 saturated carbocycles. The number of nitrogens with one attached hydrogen (secondary N) is 2. The van der Waals surface area contributed by atoms with Crippen LogP contribution >= 0.6 is 0 Å². The number of hydrogen-bond donors (Lipinski definition) is 4. The molecule has 104 valence electrons. The van der Waals surface area contributed by atoms with Crippen LogP contribution in [0.25, 0.3) is 0 Å². The first-order valence-electron chi connectivity index (χ1n) is 5.05. The molecule has 2 rings (SSSR count). The molecule has 1 aliphatic rings. The molecule has 4 N–H and O–H groups in total. The van der Waals surface area contributed by atoms with Crippen LogP contribution in [-0.4, -0.2) is 45.2 Å². The standard InChI is InChI=1S/C6H6N2O.C4H3N3O4/c9-8-5-6-3-1-2-4-7-6;8-2-1(7-11)3(9)6-4(10)5-2/h1-5,9H;11H,(H2,5,6,8,9,10). The predicted octanol–water partition coefficient (Wildman–Crippen LogP) is -0.928. The number of urea groups is 1. The fraction of sp³-hybridized carbons (Fsp3) is 0. The van der Waals surface area contributed by atoms with E-state index >= 15 is 0 Å². The number of imide groups is 2. The van der Waals surface area contributed by atoms with E-state index in [1.807, 2.05) is 6.07 Å². The third-order valence-corrected chi connectivity index (χ3v) is 1.86. The molecular weight excluding hydrogens is 270 g/mol. The first kappa shape index (κ1) is 14.8. The van der Waals surface area contributed by atoms with E-state index in [4.69, 9.17) is 10.4 Å². The molecule has 1 aromatic heterocycles. The zero-order valence-corrected chi connectivity index (χ0v) is 9.85. The zero-order valence-electron chi connectivity index (χ0n) is 9.85. The summed E-state index contributed by atoms with van der Waals surface area (Å²) in [5.74, 6) is -2.03. The van der Waals surface area contributed by atoms with Crippen molar-refractivity contribution in [2.45, 2.75) is 0 Å². The highest BCUT2D eigenvalue weighted by Crippen LogP contribution is 1.87. The van der Waals surface area contributed by atoms with Crippen molar-refractivity contribution in [3.63, 3.8) is 0 Å². The number of pyridine rings is 1. The van der Waals surface area contributed by atoms with Gasteiger partial charge in [0.15, 0.2) is 0 Å². The van der Waals surface area contributed by atoms with Gasteiger partial charge in [-0.15, -0.1) is 0 Å². The first-order valence-corrected chi connectivity index (χ1v) is 5.05. The molecule has 0 unspecified atom stereocenters. The lowest BCUT2D eigenvalue weighted by Gasteiger charge is -2.10. The summed E-state index contributed by atoms with van der Waals surface area (Å²) < 4.78 is 0. The first-order chi connectivity index (χ1) is 9.58. The maximum atomic E-state index is 10.6. The van der Waals surface area contributed by atoms with Crippen molar-refractivity contribution in [1.29, 1.82) is 0 Å². The Balaban J connectivity index is 0.000000204. The lowest BCUT2D eigenvalue weighted by atomic mass is 10.3. The van der Waals surface area contributed by atoms with Gasteiger partial charge in [0, 0.05) is 6.20 Å². The molecule has 20 heavy (non-hydrogen) atoms. The van der Waals surface area contributed by atoms with Crippen LogP contribution < -0.4 is 10.6 Å². The molecular formula is C10H9N5O5. The fourth-order valence-corrected chi connectivity index (χ4v) is 1.06. The van der Waals surface area contributed by atoms with Crippen molar-refractivity contribution >= 4 is 29.8 Å². The number of nitrogens with zero attached hydrogens (tertiary/aromatic N) is 3. The smallest absolute Gasteiger partial charge is 0.328 e. The summed E-state index contributed by atoms with van der Waals surface area (Å²) in [5.41, 5.74) is -0.0791. The molecule has 0 radical (unpaired) electrons. The van der Waals surface area contributed by atoms with Crippen molar-refractivity contribution in [3.05, 3.63) is 30.1 Å². The van der Waals surface area contributed by atoms with E-state index in [0.29, 0.717) is 5.69 Å². The largest absolute Gasteiger partial charge is 0.411 e. The van der Waals surface area contributed by atoms with Gasteiger partial charge in [-0.3, -0.25) is 25.2 Å². The number of carbonyl (C=O) groups excluding carboxylic acids is 3. The topological polar surface area (TPSA) is 153 Å². The molecule has 0 aliphatic carbocycles. The molecule has 1 aromatic rings. The van der Waals surface area contributed by atoms with Crippen LogP contribution in [0, 0.1) is 0 Å². The maximum Gasteiger partial charge on any atom is 0.328 e. The Kier molecular flexibility index (Phi) is 5.32. The molecule has 2 heterocycles. The second-order valence-corrected chi connectivity index (χ2v) is 3.19. The molecule has 0 bridgehead atoms. The van der Waals surface area contributed by atoms with Crippen molar-refractivity contribution < 1.29 is 24.8 Å². The van der Waals surface area contributed by atoms with Crippen molar-refractivity contribution in [2.24, 2.45) is 10.3 Å². The van der Waals surface area contributed by atoms with Gasteiger partial charge >= 0.3 is 6.03 Å². The molecule has 1 fully saturated rings. The van der Waals surface area contributed by atoms with E-state index in [0.717, 1.165) is 0 Å².